The minimum absolute atomic E-state index is 0.187. The lowest BCUT2D eigenvalue weighted by atomic mass is 9.91. The van der Waals surface area contributed by atoms with E-state index in [0.29, 0.717) is 10.1 Å². The van der Waals surface area contributed by atoms with Gasteiger partial charge in [0.2, 0.25) is 0 Å². The molecule has 1 aliphatic carbocycles. The third-order valence-electron chi connectivity index (χ3n) is 2.80. The van der Waals surface area contributed by atoms with E-state index in [1.807, 2.05) is 0 Å². The van der Waals surface area contributed by atoms with Crippen molar-refractivity contribution < 1.29 is 23.9 Å². The van der Waals surface area contributed by atoms with E-state index in [9.17, 15) is 14.4 Å². The molecule has 0 heterocycles. The van der Waals surface area contributed by atoms with E-state index in [0.717, 1.165) is 0 Å². The van der Waals surface area contributed by atoms with Gasteiger partial charge in [-0.1, -0.05) is 0 Å². The Labute approximate surface area is 132 Å². The largest absolute Gasteiger partial charge is 0.460 e. The minimum Gasteiger partial charge on any atom is -0.460 e. The second-order valence-electron chi connectivity index (χ2n) is 6.03. The van der Waals surface area contributed by atoms with Crippen LogP contribution in [0.1, 0.15) is 41.0 Å². The SMILES string of the molecule is CC1=CC(=O)C(Br)=CC1(C)OC(=O)CC(=O)OC(C)(C)C. The molecular weight excluding hydrogens is 340 g/mol. The molecule has 0 aromatic carbocycles. The predicted octanol–water partition coefficient (Wildman–Crippen LogP) is 2.83. The number of ether oxygens (including phenoxy) is 2. The van der Waals surface area contributed by atoms with Crippen LogP contribution in [-0.4, -0.2) is 28.9 Å². The van der Waals surface area contributed by atoms with Crippen molar-refractivity contribution in [3.8, 4) is 0 Å². The van der Waals surface area contributed by atoms with Gasteiger partial charge in [0.1, 0.15) is 12.0 Å². The van der Waals surface area contributed by atoms with Crippen LogP contribution in [0.15, 0.2) is 22.2 Å². The molecule has 6 heteroatoms. The third-order valence-corrected chi connectivity index (χ3v) is 3.42. The Balaban J connectivity index is 2.73. The van der Waals surface area contributed by atoms with E-state index >= 15 is 0 Å². The van der Waals surface area contributed by atoms with Crippen molar-refractivity contribution in [3.05, 3.63) is 22.2 Å². The summed E-state index contributed by atoms with van der Waals surface area (Å²) in [5.74, 6) is -1.54. The molecular formula is C15H19BrO5. The predicted molar refractivity (Wildman–Crippen MR) is 80.7 cm³/mol. The first-order chi connectivity index (χ1) is 9.43. The fourth-order valence-corrected chi connectivity index (χ4v) is 2.26. The van der Waals surface area contributed by atoms with Gasteiger partial charge in [0, 0.05) is 0 Å². The van der Waals surface area contributed by atoms with Gasteiger partial charge < -0.3 is 9.47 Å². The maximum absolute atomic E-state index is 11.9. The standard InChI is InChI=1S/C15H19BrO5/c1-9-6-11(17)10(16)8-15(9,5)21-13(19)7-12(18)20-14(2,3)4/h6,8H,7H2,1-5H3. The summed E-state index contributed by atoms with van der Waals surface area (Å²) in [6, 6.07) is 0. The fraction of sp³-hybridized carbons (Fsp3) is 0.533. The molecule has 0 aromatic heterocycles. The summed E-state index contributed by atoms with van der Waals surface area (Å²) in [6.45, 7) is 8.50. The smallest absolute Gasteiger partial charge is 0.318 e. The molecule has 0 N–H and O–H groups in total. The Morgan fingerprint density at radius 3 is 2.38 bits per heavy atom. The average Bonchev–Trinajstić information content (AvgIpc) is 2.23. The van der Waals surface area contributed by atoms with Crippen molar-refractivity contribution in [3.63, 3.8) is 0 Å². The number of allylic oxidation sites excluding steroid dienone is 2. The Bertz CT molecular complexity index is 539. The Morgan fingerprint density at radius 1 is 1.29 bits per heavy atom. The lowest BCUT2D eigenvalue weighted by Crippen LogP contribution is -2.35. The second kappa shape index (κ2) is 6.13. The van der Waals surface area contributed by atoms with Crippen LogP contribution in [0.3, 0.4) is 0 Å². The summed E-state index contributed by atoms with van der Waals surface area (Å²) < 4.78 is 10.7. The van der Waals surface area contributed by atoms with Crippen LogP contribution >= 0.6 is 15.9 Å². The van der Waals surface area contributed by atoms with Gasteiger partial charge in [0.05, 0.1) is 4.48 Å². The van der Waals surface area contributed by atoms with Gasteiger partial charge in [-0.15, -0.1) is 0 Å². The number of carbonyl (C=O) groups is 3. The number of rotatable bonds is 3. The average molecular weight is 359 g/mol. The highest BCUT2D eigenvalue weighted by atomic mass is 79.9. The first-order valence-corrected chi connectivity index (χ1v) is 7.27. The van der Waals surface area contributed by atoms with Gasteiger partial charge in [0.25, 0.3) is 0 Å². The molecule has 0 aromatic rings. The zero-order valence-electron chi connectivity index (χ0n) is 12.8. The van der Waals surface area contributed by atoms with E-state index in [1.54, 1.807) is 34.6 Å². The molecule has 0 fully saturated rings. The number of carbonyl (C=O) groups excluding carboxylic acids is 3. The molecule has 0 spiro atoms. The first-order valence-electron chi connectivity index (χ1n) is 6.48. The molecule has 116 valence electrons. The highest BCUT2D eigenvalue weighted by molar-refractivity contribution is 9.12. The van der Waals surface area contributed by atoms with Gasteiger partial charge in [-0.2, -0.15) is 0 Å². The van der Waals surface area contributed by atoms with Gasteiger partial charge in [0.15, 0.2) is 11.4 Å². The van der Waals surface area contributed by atoms with Crippen molar-refractivity contribution in [2.24, 2.45) is 0 Å². The molecule has 1 rings (SSSR count). The van der Waals surface area contributed by atoms with Crippen molar-refractivity contribution >= 4 is 33.7 Å². The van der Waals surface area contributed by atoms with Crippen LogP contribution in [0.4, 0.5) is 0 Å². The molecule has 0 radical (unpaired) electrons. The third kappa shape index (κ3) is 5.12. The van der Waals surface area contributed by atoms with Crippen LogP contribution < -0.4 is 0 Å². The summed E-state index contributed by atoms with van der Waals surface area (Å²) in [6.07, 6.45) is 2.43. The van der Waals surface area contributed by atoms with Crippen LogP contribution in [0.25, 0.3) is 0 Å². The van der Waals surface area contributed by atoms with E-state index in [1.165, 1.54) is 12.2 Å². The number of esters is 2. The molecule has 5 nitrogen and oxygen atoms in total. The molecule has 0 saturated heterocycles. The van der Waals surface area contributed by atoms with E-state index < -0.39 is 29.6 Å². The molecule has 0 amide bonds. The normalized spacial score (nSPS) is 22.3. The van der Waals surface area contributed by atoms with E-state index in [4.69, 9.17) is 9.47 Å². The summed E-state index contributed by atoms with van der Waals surface area (Å²) in [4.78, 5) is 35.0. The van der Waals surface area contributed by atoms with Gasteiger partial charge >= 0.3 is 11.9 Å². The maximum atomic E-state index is 11.9. The first kappa shape index (κ1) is 17.6. The van der Waals surface area contributed by atoms with E-state index in [2.05, 4.69) is 15.9 Å². The number of ketones is 1. The lowest BCUT2D eigenvalue weighted by molar-refractivity contribution is -0.164. The Morgan fingerprint density at radius 2 is 1.86 bits per heavy atom. The summed E-state index contributed by atoms with van der Waals surface area (Å²) in [7, 11) is 0. The fourth-order valence-electron chi connectivity index (χ4n) is 1.71. The zero-order chi connectivity index (χ0) is 16.4. The molecule has 0 aliphatic heterocycles. The molecule has 0 bridgehead atoms. The van der Waals surface area contributed by atoms with Crippen LogP contribution in [0, 0.1) is 0 Å². The van der Waals surface area contributed by atoms with Crippen molar-refractivity contribution in [2.75, 3.05) is 0 Å². The zero-order valence-corrected chi connectivity index (χ0v) is 14.4. The lowest BCUT2D eigenvalue weighted by Gasteiger charge is -2.30. The number of hydrogen-bond acceptors (Lipinski definition) is 5. The Kier molecular flexibility index (Phi) is 5.15. The summed E-state index contributed by atoms with van der Waals surface area (Å²) in [5, 5.41) is 0. The molecule has 21 heavy (non-hydrogen) atoms. The Hall–Kier alpha value is -1.43. The molecule has 1 aliphatic rings. The monoisotopic (exact) mass is 358 g/mol. The second-order valence-corrected chi connectivity index (χ2v) is 6.88. The number of hydrogen-bond donors (Lipinski definition) is 0. The van der Waals surface area contributed by atoms with Gasteiger partial charge in [-0.05, 0) is 68.3 Å². The highest BCUT2D eigenvalue weighted by Gasteiger charge is 2.34. The topological polar surface area (TPSA) is 69.7 Å². The van der Waals surface area contributed by atoms with Crippen LogP contribution in [0.2, 0.25) is 0 Å². The van der Waals surface area contributed by atoms with Crippen molar-refractivity contribution in [1.29, 1.82) is 0 Å². The van der Waals surface area contributed by atoms with Gasteiger partial charge in [-0.3, -0.25) is 14.4 Å². The highest BCUT2D eigenvalue weighted by Crippen LogP contribution is 2.31. The quantitative estimate of drug-likeness (QED) is 0.573. The van der Waals surface area contributed by atoms with Crippen LogP contribution in [0.5, 0.6) is 0 Å². The minimum atomic E-state index is -1.05. The van der Waals surface area contributed by atoms with Crippen molar-refractivity contribution in [2.45, 2.75) is 52.2 Å². The number of halogens is 1. The molecule has 1 atom stereocenters. The molecule has 1 unspecified atom stereocenters. The maximum Gasteiger partial charge on any atom is 0.318 e. The summed E-state index contributed by atoms with van der Waals surface area (Å²) >= 11 is 3.12. The van der Waals surface area contributed by atoms with Gasteiger partial charge in [-0.25, -0.2) is 0 Å². The van der Waals surface area contributed by atoms with Crippen molar-refractivity contribution in [1.82, 2.24) is 0 Å². The molecule has 0 saturated carbocycles. The van der Waals surface area contributed by atoms with Crippen LogP contribution in [-0.2, 0) is 23.9 Å². The van der Waals surface area contributed by atoms with E-state index in [-0.39, 0.29) is 5.78 Å². The summed E-state index contributed by atoms with van der Waals surface area (Å²) in [5.41, 5.74) is -1.11.